The zero-order chi connectivity index (χ0) is 17.6. The molecule has 3 atom stereocenters. The van der Waals surface area contributed by atoms with Crippen LogP contribution in [0.25, 0.3) is 10.9 Å². The molecule has 132 valence electrons. The van der Waals surface area contributed by atoms with Gasteiger partial charge in [-0.3, -0.25) is 14.9 Å². The van der Waals surface area contributed by atoms with Gasteiger partial charge in [0, 0.05) is 41.8 Å². The Labute approximate surface area is 146 Å². The number of benzene rings is 1. The first-order valence-electron chi connectivity index (χ1n) is 9.13. The number of aromatic amines is 1. The van der Waals surface area contributed by atoms with Gasteiger partial charge in [0.15, 0.2) is 0 Å². The van der Waals surface area contributed by atoms with Crippen LogP contribution >= 0.6 is 0 Å². The normalized spacial score (nSPS) is 26.4. The molecule has 0 spiro atoms. The minimum atomic E-state index is -0.416. The van der Waals surface area contributed by atoms with Crippen LogP contribution in [-0.4, -0.2) is 33.3 Å². The van der Waals surface area contributed by atoms with Crippen molar-refractivity contribution in [3.05, 3.63) is 40.1 Å². The maximum atomic E-state index is 13.3. The van der Waals surface area contributed by atoms with Crippen molar-refractivity contribution >= 4 is 22.5 Å². The summed E-state index contributed by atoms with van der Waals surface area (Å²) in [6.07, 6.45) is 7.45. The van der Waals surface area contributed by atoms with E-state index in [0.717, 1.165) is 24.9 Å². The van der Waals surface area contributed by atoms with Crippen LogP contribution in [0.5, 0.6) is 0 Å². The number of amides is 1. The fourth-order valence-electron chi connectivity index (χ4n) is 4.72. The van der Waals surface area contributed by atoms with Crippen LogP contribution in [0.2, 0.25) is 0 Å². The van der Waals surface area contributed by atoms with Gasteiger partial charge in [-0.15, -0.1) is 0 Å². The predicted molar refractivity (Wildman–Crippen MR) is 95.5 cm³/mol. The van der Waals surface area contributed by atoms with Gasteiger partial charge in [0.25, 0.3) is 11.6 Å². The number of H-pyrrole nitrogens is 1. The van der Waals surface area contributed by atoms with Gasteiger partial charge in [-0.1, -0.05) is 19.8 Å². The number of nitro benzene ring substituents is 1. The zero-order valence-corrected chi connectivity index (χ0v) is 14.4. The van der Waals surface area contributed by atoms with Gasteiger partial charge in [0.05, 0.1) is 10.5 Å². The van der Waals surface area contributed by atoms with Gasteiger partial charge >= 0.3 is 0 Å². The van der Waals surface area contributed by atoms with E-state index in [2.05, 4.69) is 11.9 Å². The number of carbonyl (C=O) groups excluding carboxylic acids is 1. The summed E-state index contributed by atoms with van der Waals surface area (Å²) in [7, 11) is 0. The Morgan fingerprint density at radius 2 is 2.08 bits per heavy atom. The van der Waals surface area contributed by atoms with E-state index in [1.54, 1.807) is 12.3 Å². The molecule has 2 aliphatic rings. The van der Waals surface area contributed by atoms with Crippen LogP contribution < -0.4 is 0 Å². The van der Waals surface area contributed by atoms with Crippen molar-refractivity contribution in [2.75, 3.05) is 6.54 Å². The Hall–Kier alpha value is -2.37. The van der Waals surface area contributed by atoms with Crippen molar-refractivity contribution in [1.29, 1.82) is 0 Å². The second-order valence-corrected chi connectivity index (χ2v) is 7.47. The zero-order valence-electron chi connectivity index (χ0n) is 14.4. The number of rotatable bonds is 2. The molecule has 2 aromatic rings. The van der Waals surface area contributed by atoms with Crippen molar-refractivity contribution in [3.8, 4) is 0 Å². The van der Waals surface area contributed by atoms with Crippen molar-refractivity contribution in [3.63, 3.8) is 0 Å². The molecule has 3 unspecified atom stereocenters. The van der Waals surface area contributed by atoms with E-state index < -0.39 is 4.92 Å². The lowest BCUT2D eigenvalue weighted by Crippen LogP contribution is -2.52. The van der Waals surface area contributed by atoms with E-state index in [4.69, 9.17) is 0 Å². The van der Waals surface area contributed by atoms with E-state index >= 15 is 0 Å². The standard InChI is InChI=1S/C19H23N3O3/c1-12-8-9-21(18-5-3-2-4-14(12)18)19(23)16-11-20-17-7-6-13(22(24)25)10-15(16)17/h6-7,10-12,14,18,20H,2-5,8-9H2,1H3. The number of aromatic nitrogens is 1. The summed E-state index contributed by atoms with van der Waals surface area (Å²) in [5.74, 6) is 1.26. The van der Waals surface area contributed by atoms with Crippen LogP contribution in [0.3, 0.4) is 0 Å². The lowest BCUT2D eigenvalue weighted by Gasteiger charge is -2.47. The summed E-state index contributed by atoms with van der Waals surface area (Å²) in [5, 5.41) is 11.7. The topological polar surface area (TPSA) is 79.2 Å². The van der Waals surface area contributed by atoms with E-state index in [-0.39, 0.29) is 11.6 Å². The molecule has 1 N–H and O–H groups in total. The number of nitro groups is 1. The SMILES string of the molecule is CC1CCN(C(=O)c2c[nH]c3ccc([N+](=O)[O-])cc23)C2CCCCC12. The minimum absolute atomic E-state index is 0.00977. The van der Waals surface area contributed by atoms with Gasteiger partial charge < -0.3 is 9.88 Å². The van der Waals surface area contributed by atoms with E-state index in [0.29, 0.717) is 28.8 Å². The molecule has 1 amide bonds. The molecule has 1 saturated heterocycles. The van der Waals surface area contributed by atoms with Crippen molar-refractivity contribution < 1.29 is 9.72 Å². The number of hydrogen-bond donors (Lipinski definition) is 1. The van der Waals surface area contributed by atoms with Crippen molar-refractivity contribution in [2.24, 2.45) is 11.8 Å². The summed E-state index contributed by atoms with van der Waals surface area (Å²) in [5.41, 5.74) is 1.33. The molecule has 1 saturated carbocycles. The third-order valence-electron chi connectivity index (χ3n) is 6.11. The quantitative estimate of drug-likeness (QED) is 0.659. The molecule has 1 aliphatic carbocycles. The molecule has 0 bridgehead atoms. The Bertz CT molecular complexity index is 828. The summed E-state index contributed by atoms with van der Waals surface area (Å²) < 4.78 is 0. The maximum absolute atomic E-state index is 13.3. The Morgan fingerprint density at radius 3 is 2.88 bits per heavy atom. The lowest BCUT2D eigenvalue weighted by molar-refractivity contribution is -0.384. The van der Waals surface area contributed by atoms with E-state index in [1.165, 1.54) is 31.4 Å². The second kappa shape index (κ2) is 6.17. The molecule has 6 nitrogen and oxygen atoms in total. The second-order valence-electron chi connectivity index (χ2n) is 7.47. The van der Waals surface area contributed by atoms with E-state index in [9.17, 15) is 14.9 Å². The number of hydrogen-bond acceptors (Lipinski definition) is 3. The first kappa shape index (κ1) is 16.1. The number of non-ortho nitro benzene ring substituents is 1. The molecule has 1 aromatic heterocycles. The third kappa shape index (κ3) is 2.69. The molecule has 2 heterocycles. The average Bonchev–Trinajstić information content (AvgIpc) is 3.05. The molecule has 6 heteroatoms. The summed E-state index contributed by atoms with van der Waals surface area (Å²) in [4.78, 5) is 29.0. The summed E-state index contributed by atoms with van der Waals surface area (Å²) in [6.45, 7) is 3.09. The monoisotopic (exact) mass is 341 g/mol. The van der Waals surface area contributed by atoms with Crippen molar-refractivity contribution in [2.45, 2.75) is 45.1 Å². The van der Waals surface area contributed by atoms with Gasteiger partial charge in [0.2, 0.25) is 0 Å². The molecular weight excluding hydrogens is 318 g/mol. The highest BCUT2D eigenvalue weighted by Gasteiger charge is 2.40. The molecule has 1 aromatic carbocycles. The Kier molecular flexibility index (Phi) is 3.98. The highest BCUT2D eigenvalue weighted by Crippen LogP contribution is 2.39. The first-order valence-corrected chi connectivity index (χ1v) is 9.13. The van der Waals surface area contributed by atoms with Crippen LogP contribution in [-0.2, 0) is 0 Å². The fourth-order valence-corrected chi connectivity index (χ4v) is 4.72. The molecule has 25 heavy (non-hydrogen) atoms. The van der Waals surface area contributed by atoms with Gasteiger partial charge in [-0.25, -0.2) is 0 Å². The lowest BCUT2D eigenvalue weighted by atomic mass is 9.72. The maximum Gasteiger partial charge on any atom is 0.270 e. The number of nitrogens with zero attached hydrogens (tertiary/aromatic N) is 2. The van der Waals surface area contributed by atoms with E-state index in [1.807, 2.05) is 4.90 Å². The van der Waals surface area contributed by atoms with Gasteiger partial charge in [-0.2, -0.15) is 0 Å². The largest absolute Gasteiger partial charge is 0.360 e. The molecule has 1 aliphatic heterocycles. The van der Waals surface area contributed by atoms with Gasteiger partial charge in [-0.05, 0) is 37.2 Å². The highest BCUT2D eigenvalue weighted by atomic mass is 16.6. The minimum Gasteiger partial charge on any atom is -0.360 e. The average molecular weight is 341 g/mol. The molecule has 4 rings (SSSR count). The molecule has 0 radical (unpaired) electrons. The number of fused-ring (bicyclic) bond motifs is 2. The van der Waals surface area contributed by atoms with Crippen molar-refractivity contribution in [1.82, 2.24) is 9.88 Å². The first-order chi connectivity index (χ1) is 12.1. The Morgan fingerprint density at radius 1 is 1.28 bits per heavy atom. The number of likely N-dealkylation sites (tertiary alicyclic amines) is 1. The van der Waals surface area contributed by atoms with Crippen LogP contribution in [0, 0.1) is 22.0 Å². The van der Waals surface area contributed by atoms with Crippen LogP contribution in [0.4, 0.5) is 5.69 Å². The van der Waals surface area contributed by atoms with Gasteiger partial charge in [0.1, 0.15) is 0 Å². The van der Waals surface area contributed by atoms with Crippen LogP contribution in [0.15, 0.2) is 24.4 Å². The highest BCUT2D eigenvalue weighted by molar-refractivity contribution is 6.07. The fraction of sp³-hybridized carbons (Fsp3) is 0.526. The third-order valence-corrected chi connectivity index (χ3v) is 6.11. The number of carbonyl (C=O) groups is 1. The molecule has 2 fully saturated rings. The summed E-state index contributed by atoms with van der Waals surface area (Å²) in [6, 6.07) is 4.96. The molecular formula is C19H23N3O3. The Balaban J connectivity index is 1.69. The smallest absolute Gasteiger partial charge is 0.270 e. The van der Waals surface area contributed by atoms with Crippen LogP contribution in [0.1, 0.15) is 49.4 Å². The predicted octanol–water partition coefficient (Wildman–Crippen LogP) is 4.12. The summed E-state index contributed by atoms with van der Waals surface area (Å²) >= 11 is 0. The number of piperidine rings is 1. The number of nitrogens with one attached hydrogen (secondary N) is 1.